The van der Waals surface area contributed by atoms with Crippen molar-refractivity contribution >= 4 is 50.8 Å². The minimum Gasteiger partial charge on any atom is -0.449 e. The number of rotatable bonds is 7. The van der Waals surface area contributed by atoms with Crippen molar-refractivity contribution in [3.8, 4) is 22.0 Å². The van der Waals surface area contributed by atoms with Crippen molar-refractivity contribution in [1.29, 1.82) is 0 Å². The van der Waals surface area contributed by atoms with Gasteiger partial charge in [0.2, 0.25) is 5.89 Å². The molecule has 0 aliphatic heterocycles. The maximum atomic E-state index is 13.1. The van der Waals surface area contributed by atoms with E-state index in [2.05, 4.69) is 15.3 Å². The largest absolute Gasteiger partial charge is 0.449 e. The quantitative estimate of drug-likeness (QED) is 0.271. The molecule has 0 radical (unpaired) electrons. The van der Waals surface area contributed by atoms with Gasteiger partial charge in [-0.3, -0.25) is 10.1 Å². The molecule has 5 aromatic rings. The topological polar surface area (TPSA) is 94.3 Å². The summed E-state index contributed by atoms with van der Waals surface area (Å²) in [5.74, 6) is -0.740. The van der Waals surface area contributed by atoms with Crippen LogP contribution >= 0.6 is 22.7 Å². The Labute approximate surface area is 203 Å². The number of aromatic nitrogens is 2. The summed E-state index contributed by atoms with van der Waals surface area (Å²) in [7, 11) is 0. The zero-order valence-corrected chi connectivity index (χ0v) is 19.7. The maximum absolute atomic E-state index is 13.1. The monoisotopic (exact) mass is 489 g/mol. The number of carbonyl (C=O) groups is 2. The minimum atomic E-state index is -0.974. The van der Waals surface area contributed by atoms with E-state index in [-0.39, 0.29) is 5.56 Å². The summed E-state index contributed by atoms with van der Waals surface area (Å²) in [5, 5.41) is 7.07. The number of para-hydroxylation sites is 2. The SMILES string of the molecule is CCC(OC(=O)c1ccccc1-c1nc2ccccc2o1)C(=O)Nc1nc(-c2cccs2)cs1. The van der Waals surface area contributed by atoms with Crippen LogP contribution in [0.25, 0.3) is 33.1 Å². The molecule has 0 saturated heterocycles. The van der Waals surface area contributed by atoms with Crippen molar-refractivity contribution < 1.29 is 18.7 Å². The van der Waals surface area contributed by atoms with Gasteiger partial charge in [0, 0.05) is 5.38 Å². The van der Waals surface area contributed by atoms with E-state index in [1.165, 1.54) is 11.3 Å². The number of hydrogen-bond acceptors (Lipinski definition) is 8. The van der Waals surface area contributed by atoms with E-state index in [1.807, 2.05) is 47.2 Å². The third-order valence-electron chi connectivity index (χ3n) is 5.09. The van der Waals surface area contributed by atoms with Crippen molar-refractivity contribution in [3.05, 3.63) is 77.0 Å². The normalized spacial score (nSPS) is 11.9. The van der Waals surface area contributed by atoms with Gasteiger partial charge in [-0.05, 0) is 42.1 Å². The predicted octanol–water partition coefficient (Wildman–Crippen LogP) is 6.25. The first-order chi connectivity index (χ1) is 16.6. The number of oxazole rings is 1. The third-order valence-corrected chi connectivity index (χ3v) is 6.74. The van der Waals surface area contributed by atoms with E-state index < -0.39 is 18.0 Å². The van der Waals surface area contributed by atoms with E-state index in [0.717, 1.165) is 10.6 Å². The molecule has 1 amide bonds. The highest BCUT2D eigenvalue weighted by Crippen LogP contribution is 2.29. The smallest absolute Gasteiger partial charge is 0.339 e. The summed E-state index contributed by atoms with van der Waals surface area (Å²) in [5.41, 5.74) is 2.88. The van der Waals surface area contributed by atoms with Gasteiger partial charge in [-0.2, -0.15) is 0 Å². The van der Waals surface area contributed by atoms with Crippen LogP contribution in [0, 0.1) is 0 Å². The minimum absolute atomic E-state index is 0.273. The van der Waals surface area contributed by atoms with E-state index >= 15 is 0 Å². The molecule has 3 heterocycles. The van der Waals surface area contributed by atoms with Gasteiger partial charge in [0.25, 0.3) is 5.91 Å². The molecule has 0 aliphatic carbocycles. The molecule has 7 nitrogen and oxygen atoms in total. The average Bonchev–Trinajstić information content (AvgIpc) is 3.62. The number of thiophene rings is 1. The van der Waals surface area contributed by atoms with E-state index in [9.17, 15) is 9.59 Å². The number of nitrogens with one attached hydrogen (secondary N) is 1. The van der Waals surface area contributed by atoms with E-state index in [0.29, 0.717) is 34.1 Å². The van der Waals surface area contributed by atoms with Gasteiger partial charge < -0.3 is 9.15 Å². The number of ether oxygens (including phenoxy) is 1. The van der Waals surface area contributed by atoms with Crippen molar-refractivity contribution in [2.45, 2.75) is 19.4 Å². The molecule has 1 unspecified atom stereocenters. The molecule has 0 fully saturated rings. The molecule has 2 aromatic carbocycles. The summed E-state index contributed by atoms with van der Waals surface area (Å²) in [6, 6.07) is 18.2. The Kier molecular flexibility index (Phi) is 6.20. The molecule has 1 atom stereocenters. The number of nitrogens with zero attached hydrogens (tertiary/aromatic N) is 2. The van der Waals surface area contributed by atoms with Crippen LogP contribution in [0.4, 0.5) is 5.13 Å². The lowest BCUT2D eigenvalue weighted by Crippen LogP contribution is -2.32. The fourth-order valence-corrected chi connectivity index (χ4v) is 4.88. The highest BCUT2D eigenvalue weighted by molar-refractivity contribution is 7.16. The van der Waals surface area contributed by atoms with Gasteiger partial charge in [0.05, 0.1) is 21.7 Å². The molecule has 9 heteroatoms. The molecule has 0 spiro atoms. The van der Waals surface area contributed by atoms with E-state index in [4.69, 9.17) is 9.15 Å². The number of thiazole rings is 1. The van der Waals surface area contributed by atoms with Crippen LogP contribution in [0.5, 0.6) is 0 Å². The lowest BCUT2D eigenvalue weighted by atomic mass is 10.1. The second-order valence-corrected chi connectivity index (χ2v) is 9.14. The molecule has 3 aromatic heterocycles. The number of hydrogen-bond donors (Lipinski definition) is 1. The number of carbonyl (C=O) groups excluding carboxylic acids is 2. The fourth-order valence-electron chi connectivity index (χ4n) is 3.40. The van der Waals surface area contributed by atoms with Gasteiger partial charge in [-0.15, -0.1) is 22.7 Å². The Balaban J connectivity index is 1.32. The average molecular weight is 490 g/mol. The Morgan fingerprint density at radius 2 is 1.85 bits per heavy atom. The molecule has 1 N–H and O–H groups in total. The molecule has 34 heavy (non-hydrogen) atoms. The number of benzene rings is 2. The Hall–Kier alpha value is -3.82. The summed E-state index contributed by atoms with van der Waals surface area (Å²) in [4.78, 5) is 35.8. The number of anilines is 1. The first-order valence-electron chi connectivity index (χ1n) is 10.6. The Bertz CT molecular complexity index is 1420. The summed E-state index contributed by atoms with van der Waals surface area (Å²) < 4.78 is 11.4. The van der Waals surface area contributed by atoms with Crippen molar-refractivity contribution in [1.82, 2.24) is 9.97 Å². The second kappa shape index (κ2) is 9.58. The van der Waals surface area contributed by atoms with Crippen molar-refractivity contribution in [2.24, 2.45) is 0 Å². The zero-order chi connectivity index (χ0) is 23.5. The van der Waals surface area contributed by atoms with Gasteiger partial charge in [-0.1, -0.05) is 37.3 Å². The van der Waals surface area contributed by atoms with E-state index in [1.54, 1.807) is 42.5 Å². The first-order valence-corrected chi connectivity index (χ1v) is 12.3. The number of amides is 1. The summed E-state index contributed by atoms with van der Waals surface area (Å²) in [6.45, 7) is 1.78. The molecular formula is C25H19N3O4S2. The van der Waals surface area contributed by atoms with Crippen LogP contribution in [0.3, 0.4) is 0 Å². The van der Waals surface area contributed by atoms with Crippen molar-refractivity contribution in [2.75, 3.05) is 5.32 Å². The van der Waals surface area contributed by atoms with Crippen LogP contribution < -0.4 is 5.32 Å². The fraction of sp³-hybridized carbons (Fsp3) is 0.120. The lowest BCUT2D eigenvalue weighted by Gasteiger charge is -2.16. The number of esters is 1. The molecule has 0 saturated carbocycles. The molecule has 0 aliphatic rings. The van der Waals surface area contributed by atoms with Crippen molar-refractivity contribution in [3.63, 3.8) is 0 Å². The Morgan fingerprint density at radius 1 is 1.03 bits per heavy atom. The molecular weight excluding hydrogens is 470 g/mol. The second-order valence-electron chi connectivity index (χ2n) is 7.34. The van der Waals surface area contributed by atoms with Gasteiger partial charge in [0.15, 0.2) is 16.8 Å². The highest BCUT2D eigenvalue weighted by Gasteiger charge is 2.25. The Morgan fingerprint density at radius 3 is 2.65 bits per heavy atom. The van der Waals surface area contributed by atoms with Crippen LogP contribution in [0.15, 0.2) is 75.8 Å². The highest BCUT2D eigenvalue weighted by atomic mass is 32.1. The van der Waals surface area contributed by atoms with Crippen LogP contribution in [0.2, 0.25) is 0 Å². The standard InChI is InChI=1S/C25H19N3O4S2/c1-2-19(22(29)28-25-27-18(14-34-25)21-12-7-13-33-21)32-24(30)16-9-4-3-8-15(16)23-26-17-10-5-6-11-20(17)31-23/h3-14,19H,2H2,1H3,(H,27,28,29). The van der Waals surface area contributed by atoms with Crippen LogP contribution in [-0.4, -0.2) is 27.9 Å². The van der Waals surface area contributed by atoms with Gasteiger partial charge in [0.1, 0.15) is 5.52 Å². The maximum Gasteiger partial charge on any atom is 0.339 e. The third kappa shape index (κ3) is 4.48. The number of fused-ring (bicyclic) bond motifs is 1. The van der Waals surface area contributed by atoms with Gasteiger partial charge >= 0.3 is 5.97 Å². The summed E-state index contributed by atoms with van der Waals surface area (Å²) in [6.07, 6.45) is -0.663. The molecule has 0 bridgehead atoms. The zero-order valence-electron chi connectivity index (χ0n) is 18.1. The summed E-state index contributed by atoms with van der Waals surface area (Å²) >= 11 is 2.90. The van der Waals surface area contributed by atoms with Gasteiger partial charge in [-0.25, -0.2) is 14.8 Å². The van der Waals surface area contributed by atoms with Crippen LogP contribution in [-0.2, 0) is 9.53 Å². The first kappa shape index (κ1) is 22.0. The lowest BCUT2D eigenvalue weighted by molar-refractivity contribution is -0.124. The molecule has 5 rings (SSSR count). The van der Waals surface area contributed by atoms with Crippen LogP contribution in [0.1, 0.15) is 23.7 Å². The predicted molar refractivity (Wildman–Crippen MR) is 133 cm³/mol. The molecule has 170 valence electrons.